The van der Waals surface area contributed by atoms with Gasteiger partial charge in [-0.05, 0) is 36.2 Å². The standard InChI is InChI=1S/C19H15F6N3O3/c20-18(21,22)17(26-11-10-12-4-2-1-3-5-12)15(29)28(16(30)27-17)13-6-8-14(9-7-13)31-19(23,24)25/h1-9,26H,10-11H2,(H,27,30)/t17-/m0/s1. The van der Waals surface area contributed by atoms with Crippen LogP contribution in [0.2, 0.25) is 0 Å². The van der Waals surface area contributed by atoms with Gasteiger partial charge in [-0.2, -0.15) is 13.2 Å². The minimum atomic E-state index is -5.19. The van der Waals surface area contributed by atoms with Crippen LogP contribution in [-0.4, -0.2) is 36.7 Å². The fourth-order valence-corrected chi connectivity index (χ4v) is 3.01. The second-order valence-corrected chi connectivity index (χ2v) is 6.52. The Balaban J connectivity index is 1.81. The summed E-state index contributed by atoms with van der Waals surface area (Å²) in [4.78, 5) is 25.1. The lowest BCUT2D eigenvalue weighted by Crippen LogP contribution is -2.68. The molecule has 0 radical (unpaired) electrons. The molecular weight excluding hydrogens is 432 g/mol. The summed E-state index contributed by atoms with van der Waals surface area (Å²) in [5, 5.41) is 3.72. The number of alkyl halides is 6. The monoisotopic (exact) mass is 447 g/mol. The highest BCUT2D eigenvalue weighted by atomic mass is 19.4. The summed E-state index contributed by atoms with van der Waals surface area (Å²) >= 11 is 0. The molecule has 2 N–H and O–H groups in total. The molecule has 0 saturated carbocycles. The van der Waals surface area contributed by atoms with Crippen molar-refractivity contribution in [3.63, 3.8) is 0 Å². The average molecular weight is 447 g/mol. The second kappa shape index (κ2) is 8.10. The molecule has 12 heteroatoms. The summed E-state index contributed by atoms with van der Waals surface area (Å²) < 4.78 is 81.9. The first-order valence-electron chi connectivity index (χ1n) is 8.81. The van der Waals surface area contributed by atoms with E-state index in [2.05, 4.69) is 10.1 Å². The maximum atomic E-state index is 13.8. The molecule has 1 saturated heterocycles. The first-order chi connectivity index (χ1) is 14.4. The lowest BCUT2D eigenvalue weighted by molar-refractivity contribution is -0.274. The van der Waals surface area contributed by atoms with Crippen LogP contribution in [0.1, 0.15) is 5.56 Å². The van der Waals surface area contributed by atoms with Crippen molar-refractivity contribution >= 4 is 17.6 Å². The van der Waals surface area contributed by atoms with E-state index in [1.807, 2.05) is 0 Å². The van der Waals surface area contributed by atoms with Crippen molar-refractivity contribution in [2.45, 2.75) is 24.6 Å². The van der Waals surface area contributed by atoms with E-state index >= 15 is 0 Å². The van der Waals surface area contributed by atoms with Crippen LogP contribution >= 0.6 is 0 Å². The van der Waals surface area contributed by atoms with Crippen LogP contribution in [0.15, 0.2) is 54.6 Å². The predicted molar refractivity (Wildman–Crippen MR) is 96.1 cm³/mol. The van der Waals surface area contributed by atoms with Crippen LogP contribution in [-0.2, 0) is 11.2 Å². The van der Waals surface area contributed by atoms with Crippen molar-refractivity contribution in [2.24, 2.45) is 0 Å². The molecule has 2 aromatic carbocycles. The summed E-state index contributed by atoms with van der Waals surface area (Å²) in [7, 11) is 0. The van der Waals surface area contributed by atoms with Gasteiger partial charge in [0, 0.05) is 6.54 Å². The van der Waals surface area contributed by atoms with Gasteiger partial charge in [0.25, 0.3) is 11.6 Å². The van der Waals surface area contributed by atoms with Crippen molar-refractivity contribution in [1.82, 2.24) is 10.6 Å². The highest BCUT2D eigenvalue weighted by Gasteiger charge is 2.67. The molecule has 2 aromatic rings. The highest BCUT2D eigenvalue weighted by molar-refractivity contribution is 6.23. The Morgan fingerprint density at radius 3 is 2.10 bits per heavy atom. The number of urea groups is 1. The minimum absolute atomic E-state index is 0.144. The fourth-order valence-electron chi connectivity index (χ4n) is 3.01. The summed E-state index contributed by atoms with van der Waals surface area (Å²) in [6.45, 7) is -0.290. The van der Waals surface area contributed by atoms with E-state index in [1.54, 1.807) is 35.6 Å². The van der Waals surface area contributed by atoms with Gasteiger partial charge in [0.1, 0.15) is 5.75 Å². The van der Waals surface area contributed by atoms with Crippen molar-refractivity contribution < 1.29 is 40.7 Å². The largest absolute Gasteiger partial charge is 0.573 e. The second-order valence-electron chi connectivity index (χ2n) is 6.52. The van der Waals surface area contributed by atoms with Gasteiger partial charge in [-0.1, -0.05) is 30.3 Å². The maximum absolute atomic E-state index is 13.8. The van der Waals surface area contributed by atoms with E-state index in [4.69, 9.17) is 0 Å². The van der Waals surface area contributed by atoms with Crippen LogP contribution in [0.3, 0.4) is 0 Å². The number of carbonyl (C=O) groups is 2. The third-order valence-electron chi connectivity index (χ3n) is 4.42. The SMILES string of the molecule is O=C1N[C@](NCCc2ccccc2)(C(F)(F)F)C(=O)N1c1ccc(OC(F)(F)F)cc1. The number of hydrogen-bond donors (Lipinski definition) is 2. The Hall–Kier alpha value is -3.28. The molecule has 3 rings (SSSR count). The summed E-state index contributed by atoms with van der Waals surface area (Å²) in [5.41, 5.74) is -3.02. The molecule has 0 spiro atoms. The number of nitrogens with one attached hydrogen (secondary N) is 2. The molecule has 1 fully saturated rings. The van der Waals surface area contributed by atoms with Crippen molar-refractivity contribution in [1.29, 1.82) is 0 Å². The zero-order valence-corrected chi connectivity index (χ0v) is 15.6. The molecule has 1 atom stereocenters. The van der Waals surface area contributed by atoms with Crippen LogP contribution in [0.4, 0.5) is 36.8 Å². The topological polar surface area (TPSA) is 70.7 Å². The molecule has 166 valence electrons. The van der Waals surface area contributed by atoms with Gasteiger partial charge in [-0.3, -0.25) is 10.1 Å². The first kappa shape index (κ1) is 22.4. The number of rotatable bonds is 6. The Labute approximate surface area is 171 Å². The number of halogens is 6. The molecule has 0 unspecified atom stereocenters. The van der Waals surface area contributed by atoms with E-state index in [-0.39, 0.29) is 23.6 Å². The summed E-state index contributed by atoms with van der Waals surface area (Å²) in [6.07, 6.45) is -10.0. The minimum Gasteiger partial charge on any atom is -0.406 e. The Bertz CT molecular complexity index is 947. The normalized spacial score (nSPS) is 19.5. The lowest BCUT2D eigenvalue weighted by atomic mass is 10.1. The number of amides is 3. The van der Waals surface area contributed by atoms with Gasteiger partial charge in [-0.15, -0.1) is 13.2 Å². The van der Waals surface area contributed by atoms with Crippen LogP contribution in [0.5, 0.6) is 5.75 Å². The zero-order valence-electron chi connectivity index (χ0n) is 15.6. The van der Waals surface area contributed by atoms with Gasteiger partial charge in [0.05, 0.1) is 5.69 Å². The van der Waals surface area contributed by atoms with E-state index in [9.17, 15) is 35.9 Å². The smallest absolute Gasteiger partial charge is 0.406 e. The molecule has 3 amide bonds. The predicted octanol–water partition coefficient (Wildman–Crippen LogP) is 3.73. The lowest BCUT2D eigenvalue weighted by Gasteiger charge is -2.30. The molecule has 6 nitrogen and oxygen atoms in total. The molecule has 1 aliphatic rings. The van der Waals surface area contributed by atoms with Gasteiger partial charge >= 0.3 is 18.6 Å². The van der Waals surface area contributed by atoms with Crippen LogP contribution in [0, 0.1) is 0 Å². The quantitative estimate of drug-likeness (QED) is 0.523. The fraction of sp³-hybridized carbons (Fsp3) is 0.263. The van der Waals surface area contributed by atoms with Crippen LogP contribution in [0.25, 0.3) is 0 Å². The van der Waals surface area contributed by atoms with Gasteiger partial charge in [-0.25, -0.2) is 9.69 Å². The third-order valence-corrected chi connectivity index (χ3v) is 4.42. The molecule has 31 heavy (non-hydrogen) atoms. The number of ether oxygens (including phenoxy) is 1. The summed E-state index contributed by atoms with van der Waals surface area (Å²) in [6, 6.07) is 10.4. The molecule has 1 heterocycles. The number of imide groups is 1. The van der Waals surface area contributed by atoms with E-state index in [1.165, 1.54) is 0 Å². The number of nitrogens with zero attached hydrogens (tertiary/aromatic N) is 1. The maximum Gasteiger partial charge on any atom is 0.573 e. The van der Waals surface area contributed by atoms with Crippen molar-refractivity contribution in [3.05, 3.63) is 60.2 Å². The van der Waals surface area contributed by atoms with Gasteiger partial charge in [0.2, 0.25) is 0 Å². The molecule has 0 bridgehead atoms. The first-order valence-corrected chi connectivity index (χ1v) is 8.81. The van der Waals surface area contributed by atoms with E-state index < -0.39 is 35.9 Å². The number of benzene rings is 2. The molecule has 0 aromatic heterocycles. The van der Waals surface area contributed by atoms with Crippen molar-refractivity contribution in [2.75, 3.05) is 11.4 Å². The number of anilines is 1. The third kappa shape index (κ3) is 4.74. The van der Waals surface area contributed by atoms with Gasteiger partial charge < -0.3 is 10.1 Å². The number of carbonyl (C=O) groups excluding carboxylic acids is 2. The molecule has 0 aliphatic carbocycles. The van der Waals surface area contributed by atoms with Gasteiger partial charge in [0.15, 0.2) is 0 Å². The molecule has 1 aliphatic heterocycles. The summed E-state index contributed by atoms with van der Waals surface area (Å²) in [5.74, 6) is -2.31. The highest BCUT2D eigenvalue weighted by Crippen LogP contribution is 2.36. The van der Waals surface area contributed by atoms with Crippen molar-refractivity contribution in [3.8, 4) is 5.75 Å². The van der Waals surface area contributed by atoms with E-state index in [0.29, 0.717) is 5.56 Å². The van der Waals surface area contributed by atoms with E-state index in [0.717, 1.165) is 24.3 Å². The Kier molecular flexibility index (Phi) is 5.85. The zero-order chi connectivity index (χ0) is 22.9. The molecular formula is C19H15F6N3O3. The Morgan fingerprint density at radius 1 is 0.935 bits per heavy atom. The van der Waals surface area contributed by atoms with Crippen LogP contribution < -0.4 is 20.3 Å². The Morgan fingerprint density at radius 2 is 1.55 bits per heavy atom. The average Bonchev–Trinajstić information content (AvgIpc) is 2.93. The number of hydrogen-bond acceptors (Lipinski definition) is 4.